The Hall–Kier alpha value is -1.94. The second kappa shape index (κ2) is 69.8. The lowest BCUT2D eigenvalue weighted by Crippen LogP contribution is -2.30. The average Bonchev–Trinajstić information content (AvgIpc) is 1.15. The summed E-state index contributed by atoms with van der Waals surface area (Å²) < 4.78 is 68.6. The van der Waals surface area contributed by atoms with E-state index < -0.39 is 97.5 Å². The third-order valence-electron chi connectivity index (χ3n) is 18.6. The van der Waals surface area contributed by atoms with Gasteiger partial charge in [-0.05, 0) is 37.5 Å². The molecular formula is C78H152O17P2. The first-order valence-electron chi connectivity index (χ1n) is 40.5. The van der Waals surface area contributed by atoms with Gasteiger partial charge >= 0.3 is 39.5 Å². The molecule has 0 saturated carbocycles. The molecule has 17 nitrogen and oxygen atoms in total. The quantitative estimate of drug-likeness (QED) is 0.0222. The Balaban J connectivity index is 5.25. The first kappa shape index (κ1) is 95.1. The average molecular weight is 1420 g/mol. The van der Waals surface area contributed by atoms with Crippen LogP contribution in [-0.2, 0) is 65.4 Å². The molecule has 0 saturated heterocycles. The molecule has 0 amide bonds. The molecule has 0 spiro atoms. The molecular weight excluding hydrogens is 1270 g/mol. The molecule has 0 aromatic carbocycles. The van der Waals surface area contributed by atoms with E-state index in [0.717, 1.165) is 108 Å². The number of ether oxygens (including phenoxy) is 4. The maximum atomic E-state index is 13.1. The van der Waals surface area contributed by atoms with Crippen molar-refractivity contribution >= 4 is 39.5 Å². The Morgan fingerprint density at radius 3 is 0.784 bits per heavy atom. The van der Waals surface area contributed by atoms with Crippen molar-refractivity contribution in [1.29, 1.82) is 0 Å². The van der Waals surface area contributed by atoms with Gasteiger partial charge in [0.2, 0.25) is 0 Å². The van der Waals surface area contributed by atoms with Gasteiger partial charge in [-0.15, -0.1) is 0 Å². The lowest BCUT2D eigenvalue weighted by Gasteiger charge is -2.21. The number of phosphoric ester groups is 2. The number of carbonyl (C=O) groups is 4. The fourth-order valence-corrected chi connectivity index (χ4v) is 13.6. The fraction of sp³-hybridized carbons (Fsp3) is 0.949. The molecule has 0 bridgehead atoms. The van der Waals surface area contributed by atoms with Gasteiger partial charge in [-0.3, -0.25) is 37.3 Å². The van der Waals surface area contributed by atoms with Crippen molar-refractivity contribution in [2.75, 3.05) is 39.6 Å². The van der Waals surface area contributed by atoms with Gasteiger partial charge in [0, 0.05) is 25.7 Å². The molecule has 0 aromatic rings. The number of hydrogen-bond donors (Lipinski definition) is 3. The van der Waals surface area contributed by atoms with Crippen LogP contribution in [0.2, 0.25) is 0 Å². The molecule has 0 fully saturated rings. The Bertz CT molecular complexity index is 1870. The zero-order chi connectivity index (χ0) is 71.4. The van der Waals surface area contributed by atoms with Crippen molar-refractivity contribution in [3.8, 4) is 0 Å². The Labute approximate surface area is 594 Å². The minimum absolute atomic E-state index is 0.106. The van der Waals surface area contributed by atoms with E-state index in [1.54, 1.807) is 0 Å². The highest BCUT2D eigenvalue weighted by atomic mass is 31.2. The molecule has 97 heavy (non-hydrogen) atoms. The van der Waals surface area contributed by atoms with Gasteiger partial charge in [-0.25, -0.2) is 9.13 Å². The van der Waals surface area contributed by atoms with Gasteiger partial charge in [0.15, 0.2) is 12.2 Å². The summed E-state index contributed by atoms with van der Waals surface area (Å²) in [6.45, 7) is 9.59. The fourth-order valence-electron chi connectivity index (χ4n) is 12.0. The number of carbonyl (C=O) groups excluding carboxylic acids is 4. The van der Waals surface area contributed by atoms with Crippen LogP contribution in [0.4, 0.5) is 0 Å². The highest BCUT2D eigenvalue weighted by molar-refractivity contribution is 7.47. The van der Waals surface area contributed by atoms with E-state index in [0.29, 0.717) is 25.7 Å². The molecule has 576 valence electrons. The summed E-state index contributed by atoms with van der Waals surface area (Å²) in [5.74, 6) is -0.604. The van der Waals surface area contributed by atoms with E-state index in [9.17, 15) is 43.2 Å². The molecule has 3 N–H and O–H groups in total. The SMILES string of the molecule is CCCCCCCCCCCCCCCCCCC(=O)OC[C@H](COP(=O)(O)OC[C@@H](O)COP(=O)(O)OC[C@@H](COC(=O)CCCCCCCCC(C)CC)OC(=O)CCCCCCCCCCCCCCC(C)C)OC(=O)CCCCCCCCCCCCCCCCCC. The number of hydrogen-bond acceptors (Lipinski definition) is 15. The molecule has 0 aliphatic heterocycles. The van der Waals surface area contributed by atoms with Gasteiger partial charge < -0.3 is 33.8 Å². The minimum atomic E-state index is -4.96. The van der Waals surface area contributed by atoms with Crippen LogP contribution in [-0.4, -0.2) is 96.7 Å². The molecule has 0 rings (SSSR count). The highest BCUT2D eigenvalue weighted by Crippen LogP contribution is 2.45. The van der Waals surface area contributed by atoms with Gasteiger partial charge in [-0.2, -0.15) is 0 Å². The number of esters is 4. The third-order valence-corrected chi connectivity index (χ3v) is 20.5. The standard InChI is InChI=1S/C78H152O17P2/c1-7-10-12-14-16-18-20-22-24-26-28-33-37-41-48-54-60-75(80)88-66-73(94-77(82)62-56-50-42-38-34-29-27-25-23-21-19-17-15-13-11-8-2)68-92-96(84,85)90-64-72(79)65-91-97(86,87)93-69-74(67-89-76(81)61-55-49-45-44-47-53-59-71(6)9-3)95-78(83)63-57-51-43-39-35-31-30-32-36-40-46-52-58-70(4)5/h70-74,79H,7-69H2,1-6H3,(H,84,85)(H,86,87)/t71?,72-,73-,74-/m1/s1. The molecule has 0 aliphatic rings. The van der Waals surface area contributed by atoms with E-state index in [-0.39, 0.29) is 25.7 Å². The summed E-state index contributed by atoms with van der Waals surface area (Å²) in [7, 11) is -9.92. The third kappa shape index (κ3) is 70.9. The van der Waals surface area contributed by atoms with Gasteiger partial charge in [0.05, 0.1) is 26.4 Å². The Morgan fingerprint density at radius 1 is 0.299 bits per heavy atom. The van der Waals surface area contributed by atoms with Crippen molar-refractivity contribution in [2.45, 2.75) is 426 Å². The second-order valence-electron chi connectivity index (χ2n) is 28.8. The van der Waals surface area contributed by atoms with Crippen molar-refractivity contribution in [1.82, 2.24) is 0 Å². The maximum Gasteiger partial charge on any atom is 0.472 e. The van der Waals surface area contributed by atoms with Crippen LogP contribution in [0.15, 0.2) is 0 Å². The smallest absolute Gasteiger partial charge is 0.462 e. The van der Waals surface area contributed by atoms with Gasteiger partial charge in [-0.1, -0.05) is 356 Å². The monoisotopic (exact) mass is 1420 g/mol. The zero-order valence-corrected chi connectivity index (χ0v) is 65.2. The summed E-state index contributed by atoms with van der Waals surface area (Å²) >= 11 is 0. The normalized spacial score (nSPS) is 14.2. The van der Waals surface area contributed by atoms with Crippen LogP contribution in [0.3, 0.4) is 0 Å². The number of rotatable bonds is 77. The van der Waals surface area contributed by atoms with E-state index in [1.807, 2.05) is 0 Å². The predicted octanol–water partition coefficient (Wildman–Crippen LogP) is 23.1. The molecule has 0 heterocycles. The van der Waals surface area contributed by atoms with E-state index in [4.69, 9.17) is 37.0 Å². The molecule has 0 radical (unpaired) electrons. The summed E-state index contributed by atoms with van der Waals surface area (Å²) in [6, 6.07) is 0. The lowest BCUT2D eigenvalue weighted by atomic mass is 10.00. The van der Waals surface area contributed by atoms with Crippen LogP contribution in [0.25, 0.3) is 0 Å². The number of aliphatic hydroxyl groups is 1. The summed E-state index contributed by atoms with van der Waals surface area (Å²) in [5.41, 5.74) is 0. The number of phosphoric acid groups is 2. The zero-order valence-electron chi connectivity index (χ0n) is 63.4. The molecule has 0 aliphatic carbocycles. The van der Waals surface area contributed by atoms with Crippen LogP contribution >= 0.6 is 15.6 Å². The molecule has 3 unspecified atom stereocenters. The number of unbranched alkanes of at least 4 members (excludes halogenated alkanes) is 46. The van der Waals surface area contributed by atoms with Crippen molar-refractivity contribution in [3.63, 3.8) is 0 Å². The van der Waals surface area contributed by atoms with E-state index in [2.05, 4.69) is 41.5 Å². The van der Waals surface area contributed by atoms with Gasteiger partial charge in [0.25, 0.3) is 0 Å². The molecule has 19 heteroatoms. The molecule has 6 atom stereocenters. The van der Waals surface area contributed by atoms with Crippen LogP contribution in [0.5, 0.6) is 0 Å². The van der Waals surface area contributed by atoms with Crippen molar-refractivity contribution < 1.29 is 80.2 Å². The topological polar surface area (TPSA) is 237 Å². The van der Waals surface area contributed by atoms with Crippen LogP contribution in [0.1, 0.15) is 408 Å². The van der Waals surface area contributed by atoms with Crippen LogP contribution in [0, 0.1) is 11.8 Å². The summed E-state index contributed by atoms with van der Waals surface area (Å²) in [4.78, 5) is 72.9. The van der Waals surface area contributed by atoms with Crippen molar-refractivity contribution in [2.24, 2.45) is 11.8 Å². The minimum Gasteiger partial charge on any atom is -0.462 e. The van der Waals surface area contributed by atoms with Gasteiger partial charge in [0.1, 0.15) is 19.3 Å². The Kier molecular flexibility index (Phi) is 68.4. The van der Waals surface area contributed by atoms with E-state index in [1.165, 1.54) is 218 Å². The maximum absolute atomic E-state index is 13.1. The van der Waals surface area contributed by atoms with E-state index >= 15 is 0 Å². The second-order valence-corrected chi connectivity index (χ2v) is 31.7. The van der Waals surface area contributed by atoms with Crippen molar-refractivity contribution in [3.05, 3.63) is 0 Å². The molecule has 0 aromatic heterocycles. The first-order chi connectivity index (χ1) is 46.9. The predicted molar refractivity (Wildman–Crippen MR) is 395 cm³/mol. The number of aliphatic hydroxyl groups excluding tert-OH is 1. The summed E-state index contributed by atoms with van der Waals surface area (Å²) in [5, 5.41) is 10.6. The largest absolute Gasteiger partial charge is 0.472 e. The Morgan fingerprint density at radius 2 is 0.526 bits per heavy atom. The summed E-state index contributed by atoms with van der Waals surface area (Å²) in [6.07, 6.45) is 58.2. The van der Waals surface area contributed by atoms with Crippen LogP contribution < -0.4 is 0 Å². The lowest BCUT2D eigenvalue weighted by molar-refractivity contribution is -0.161. The highest BCUT2D eigenvalue weighted by Gasteiger charge is 2.30. The first-order valence-corrected chi connectivity index (χ1v) is 43.5.